The molecule has 0 saturated heterocycles. The first kappa shape index (κ1) is 15.1. The summed E-state index contributed by atoms with van der Waals surface area (Å²) < 4.78 is 26.6. The summed E-state index contributed by atoms with van der Waals surface area (Å²) in [5, 5.41) is 11.5. The Morgan fingerprint density at radius 3 is 2.62 bits per heavy atom. The highest BCUT2D eigenvalue weighted by atomic mass is 79.9. The van der Waals surface area contributed by atoms with E-state index in [1.165, 1.54) is 6.07 Å². The van der Waals surface area contributed by atoms with Gasteiger partial charge < -0.3 is 5.32 Å². The van der Waals surface area contributed by atoms with Crippen molar-refractivity contribution in [3.05, 3.63) is 63.6 Å². The molecule has 2 rings (SSSR count). The number of benzene rings is 2. The fourth-order valence-corrected chi connectivity index (χ4v) is 2.11. The lowest BCUT2D eigenvalue weighted by atomic mass is 10.1. The van der Waals surface area contributed by atoms with E-state index >= 15 is 0 Å². The summed E-state index contributed by atoms with van der Waals surface area (Å²) in [7, 11) is 0. The van der Waals surface area contributed by atoms with Crippen molar-refractivity contribution in [1.82, 2.24) is 0 Å². The van der Waals surface area contributed by atoms with Gasteiger partial charge in [0.25, 0.3) is 0 Å². The standard InChI is InChI=1S/C15H9BrF2N2O/c16-11-3-2-10(8-19)14(7-11)20-15(21)6-9-1-4-12(17)13(18)5-9/h1-5,7H,6H2,(H,20,21). The van der Waals surface area contributed by atoms with Gasteiger partial charge >= 0.3 is 0 Å². The van der Waals surface area contributed by atoms with Crippen LogP contribution in [0.4, 0.5) is 14.5 Å². The Kier molecular flexibility index (Phi) is 4.66. The molecule has 1 amide bonds. The van der Waals surface area contributed by atoms with Gasteiger partial charge in [-0.2, -0.15) is 5.26 Å². The van der Waals surface area contributed by atoms with Crippen LogP contribution >= 0.6 is 15.9 Å². The van der Waals surface area contributed by atoms with E-state index in [1.54, 1.807) is 18.2 Å². The molecule has 21 heavy (non-hydrogen) atoms. The Hall–Kier alpha value is -2.26. The van der Waals surface area contributed by atoms with Gasteiger partial charge in [0, 0.05) is 4.47 Å². The molecule has 0 aliphatic carbocycles. The normalized spacial score (nSPS) is 10.0. The van der Waals surface area contributed by atoms with Gasteiger partial charge in [0.15, 0.2) is 11.6 Å². The third-order valence-corrected chi connectivity index (χ3v) is 3.22. The number of carbonyl (C=O) groups excluding carboxylic acids is 1. The van der Waals surface area contributed by atoms with Gasteiger partial charge in [-0.25, -0.2) is 8.78 Å². The summed E-state index contributed by atoms with van der Waals surface area (Å²) in [5.74, 6) is -2.38. The molecule has 6 heteroatoms. The number of rotatable bonds is 3. The zero-order chi connectivity index (χ0) is 15.4. The van der Waals surface area contributed by atoms with Crippen LogP contribution in [0.25, 0.3) is 0 Å². The molecule has 106 valence electrons. The van der Waals surface area contributed by atoms with Crippen molar-refractivity contribution in [2.45, 2.75) is 6.42 Å². The van der Waals surface area contributed by atoms with E-state index in [2.05, 4.69) is 21.2 Å². The van der Waals surface area contributed by atoms with E-state index in [1.807, 2.05) is 6.07 Å². The number of nitrogens with one attached hydrogen (secondary N) is 1. The first-order chi connectivity index (χ1) is 9.99. The van der Waals surface area contributed by atoms with Crippen LogP contribution in [0.15, 0.2) is 40.9 Å². The van der Waals surface area contributed by atoms with Crippen molar-refractivity contribution in [2.75, 3.05) is 5.32 Å². The van der Waals surface area contributed by atoms with Crippen LogP contribution in [0.2, 0.25) is 0 Å². The Balaban J connectivity index is 2.13. The van der Waals surface area contributed by atoms with E-state index in [4.69, 9.17) is 5.26 Å². The van der Waals surface area contributed by atoms with E-state index < -0.39 is 17.5 Å². The van der Waals surface area contributed by atoms with Crippen molar-refractivity contribution in [3.63, 3.8) is 0 Å². The fraction of sp³-hybridized carbons (Fsp3) is 0.0667. The Bertz CT molecular complexity index is 741. The second-order valence-electron chi connectivity index (χ2n) is 4.28. The van der Waals surface area contributed by atoms with Crippen LogP contribution < -0.4 is 5.32 Å². The number of halogens is 3. The molecule has 3 nitrogen and oxygen atoms in total. The minimum absolute atomic E-state index is 0.116. The zero-order valence-electron chi connectivity index (χ0n) is 10.7. The smallest absolute Gasteiger partial charge is 0.228 e. The minimum Gasteiger partial charge on any atom is -0.325 e. The van der Waals surface area contributed by atoms with Crippen molar-refractivity contribution in [2.24, 2.45) is 0 Å². The van der Waals surface area contributed by atoms with Crippen molar-refractivity contribution < 1.29 is 13.6 Å². The zero-order valence-corrected chi connectivity index (χ0v) is 12.2. The molecule has 0 aromatic heterocycles. The molecule has 2 aromatic rings. The lowest BCUT2D eigenvalue weighted by molar-refractivity contribution is -0.115. The molecule has 0 atom stereocenters. The molecule has 1 N–H and O–H groups in total. The van der Waals surface area contributed by atoms with Crippen LogP contribution in [0.5, 0.6) is 0 Å². The van der Waals surface area contributed by atoms with Crippen molar-refractivity contribution >= 4 is 27.5 Å². The quantitative estimate of drug-likeness (QED) is 0.915. The summed E-state index contributed by atoms with van der Waals surface area (Å²) in [6.07, 6.45) is -0.116. The minimum atomic E-state index is -1.000. The van der Waals surface area contributed by atoms with E-state index in [-0.39, 0.29) is 6.42 Å². The van der Waals surface area contributed by atoms with Gasteiger partial charge in [0.2, 0.25) is 5.91 Å². The highest BCUT2D eigenvalue weighted by Gasteiger charge is 2.10. The van der Waals surface area contributed by atoms with Gasteiger partial charge in [0.05, 0.1) is 17.7 Å². The number of nitrogens with zero attached hydrogens (tertiary/aromatic N) is 1. The first-order valence-electron chi connectivity index (χ1n) is 5.93. The summed E-state index contributed by atoms with van der Waals surface area (Å²) in [6, 6.07) is 10.1. The second-order valence-corrected chi connectivity index (χ2v) is 5.19. The second kappa shape index (κ2) is 6.46. The first-order valence-corrected chi connectivity index (χ1v) is 6.72. The average Bonchev–Trinajstić information content (AvgIpc) is 2.43. The summed E-state index contributed by atoms with van der Waals surface area (Å²) in [4.78, 5) is 11.9. The maximum Gasteiger partial charge on any atom is 0.228 e. The molecule has 0 aliphatic rings. The number of nitriles is 1. The Morgan fingerprint density at radius 2 is 1.95 bits per heavy atom. The van der Waals surface area contributed by atoms with Crippen LogP contribution in [0, 0.1) is 23.0 Å². The molecule has 0 bridgehead atoms. The van der Waals surface area contributed by atoms with Gasteiger partial charge in [-0.15, -0.1) is 0 Å². The topological polar surface area (TPSA) is 52.9 Å². The molecular formula is C15H9BrF2N2O. The molecule has 0 aliphatic heterocycles. The van der Waals surface area contributed by atoms with E-state index in [9.17, 15) is 13.6 Å². The van der Waals surface area contributed by atoms with Crippen molar-refractivity contribution in [3.8, 4) is 6.07 Å². The predicted molar refractivity (Wildman–Crippen MR) is 77.5 cm³/mol. The van der Waals surface area contributed by atoms with Crippen LogP contribution in [0.1, 0.15) is 11.1 Å². The predicted octanol–water partition coefficient (Wildman–Crippen LogP) is 3.78. The fourth-order valence-electron chi connectivity index (χ4n) is 1.75. The molecule has 0 spiro atoms. The summed E-state index contributed by atoms with van der Waals surface area (Å²) in [5.41, 5.74) is 1.02. The number of amides is 1. The maximum atomic E-state index is 13.1. The Morgan fingerprint density at radius 1 is 1.19 bits per heavy atom. The molecule has 0 fully saturated rings. The van der Waals surface area contributed by atoms with Gasteiger partial charge in [-0.05, 0) is 35.9 Å². The molecule has 0 unspecified atom stereocenters. The Labute approximate surface area is 128 Å². The number of carbonyl (C=O) groups is 1. The highest BCUT2D eigenvalue weighted by molar-refractivity contribution is 9.10. The van der Waals surface area contributed by atoms with Gasteiger partial charge in [0.1, 0.15) is 6.07 Å². The van der Waals surface area contributed by atoms with Gasteiger partial charge in [-0.3, -0.25) is 4.79 Å². The SMILES string of the molecule is N#Cc1ccc(Br)cc1NC(=O)Cc1ccc(F)c(F)c1. The lowest BCUT2D eigenvalue weighted by Gasteiger charge is -2.08. The van der Waals surface area contributed by atoms with Crippen LogP contribution in [-0.4, -0.2) is 5.91 Å². The maximum absolute atomic E-state index is 13.1. The number of anilines is 1. The molecule has 0 radical (unpaired) electrons. The third-order valence-electron chi connectivity index (χ3n) is 2.72. The van der Waals surface area contributed by atoms with E-state index in [0.29, 0.717) is 21.3 Å². The lowest BCUT2D eigenvalue weighted by Crippen LogP contribution is -2.15. The molecule has 2 aromatic carbocycles. The van der Waals surface area contributed by atoms with Crippen LogP contribution in [0.3, 0.4) is 0 Å². The third kappa shape index (κ3) is 3.86. The monoisotopic (exact) mass is 350 g/mol. The largest absolute Gasteiger partial charge is 0.325 e. The molecule has 0 heterocycles. The highest BCUT2D eigenvalue weighted by Crippen LogP contribution is 2.21. The van der Waals surface area contributed by atoms with Crippen LogP contribution in [-0.2, 0) is 11.2 Å². The van der Waals surface area contributed by atoms with Crippen molar-refractivity contribution in [1.29, 1.82) is 5.26 Å². The summed E-state index contributed by atoms with van der Waals surface area (Å²) >= 11 is 3.25. The van der Waals surface area contributed by atoms with Gasteiger partial charge in [-0.1, -0.05) is 22.0 Å². The van der Waals surface area contributed by atoms with E-state index in [0.717, 1.165) is 12.1 Å². The average molecular weight is 351 g/mol. The molecule has 0 saturated carbocycles. The number of hydrogen-bond acceptors (Lipinski definition) is 2. The molecular weight excluding hydrogens is 342 g/mol. The summed E-state index contributed by atoms with van der Waals surface area (Å²) in [6.45, 7) is 0. The number of hydrogen-bond donors (Lipinski definition) is 1.